The Labute approximate surface area is 112 Å². The van der Waals surface area contributed by atoms with Gasteiger partial charge in [-0.2, -0.15) is 0 Å². The molecule has 94 valence electrons. The predicted octanol–water partition coefficient (Wildman–Crippen LogP) is 3.95. The molecule has 1 N–H and O–H groups in total. The van der Waals surface area contributed by atoms with E-state index in [-0.39, 0.29) is 5.69 Å². The van der Waals surface area contributed by atoms with Crippen molar-refractivity contribution in [3.63, 3.8) is 0 Å². The highest BCUT2D eigenvalue weighted by Gasteiger charge is 2.10. The second kappa shape index (κ2) is 4.66. The van der Waals surface area contributed by atoms with Crippen LogP contribution in [0.5, 0.6) is 0 Å². The van der Waals surface area contributed by atoms with E-state index in [4.69, 9.17) is 0 Å². The fourth-order valence-corrected chi connectivity index (χ4v) is 2.64. The minimum absolute atomic E-state index is 0.0856. The maximum atomic E-state index is 10.7. The summed E-state index contributed by atoms with van der Waals surface area (Å²) in [6.07, 6.45) is 0. The molecule has 0 amide bonds. The normalized spacial score (nSPS) is 10.5. The van der Waals surface area contributed by atoms with Crippen LogP contribution >= 0.6 is 11.3 Å². The molecule has 3 rings (SSSR count). The first-order chi connectivity index (χ1) is 9.22. The monoisotopic (exact) mass is 271 g/mol. The van der Waals surface area contributed by atoms with Gasteiger partial charge in [0.15, 0.2) is 5.13 Å². The van der Waals surface area contributed by atoms with Crippen molar-refractivity contribution in [2.75, 3.05) is 5.32 Å². The molecule has 1 aromatic heterocycles. The molecular weight excluding hydrogens is 262 g/mol. The number of para-hydroxylation sites is 1. The van der Waals surface area contributed by atoms with Crippen molar-refractivity contribution >= 4 is 38.1 Å². The first kappa shape index (κ1) is 11.6. The number of fused-ring (bicyclic) bond motifs is 1. The van der Waals surface area contributed by atoms with Gasteiger partial charge in [-0.25, -0.2) is 4.98 Å². The minimum atomic E-state index is -0.399. The molecule has 0 spiro atoms. The summed E-state index contributed by atoms with van der Waals surface area (Å²) in [7, 11) is 0. The van der Waals surface area contributed by atoms with E-state index in [1.165, 1.54) is 17.4 Å². The Morgan fingerprint density at radius 1 is 1.16 bits per heavy atom. The van der Waals surface area contributed by atoms with Crippen molar-refractivity contribution in [1.29, 1.82) is 0 Å². The predicted molar refractivity (Wildman–Crippen MR) is 76.0 cm³/mol. The molecule has 6 heteroatoms. The summed E-state index contributed by atoms with van der Waals surface area (Å²) in [6.45, 7) is 0. The van der Waals surface area contributed by atoms with Crippen molar-refractivity contribution in [1.82, 2.24) is 4.98 Å². The lowest BCUT2D eigenvalue weighted by Gasteiger charge is -1.99. The standard InChI is InChI=1S/C13H9N3O2S/c17-16(18)10-6-7-11-12(8-10)19-13(15-11)14-9-4-2-1-3-5-9/h1-8H,(H,14,15). The van der Waals surface area contributed by atoms with Gasteiger partial charge in [0.25, 0.3) is 5.69 Å². The van der Waals surface area contributed by atoms with Gasteiger partial charge in [-0.15, -0.1) is 0 Å². The number of hydrogen-bond donors (Lipinski definition) is 1. The van der Waals surface area contributed by atoms with E-state index in [1.54, 1.807) is 12.1 Å². The summed E-state index contributed by atoms with van der Waals surface area (Å²) in [5, 5.41) is 14.6. The quantitative estimate of drug-likeness (QED) is 0.578. The van der Waals surface area contributed by atoms with Crippen LogP contribution in [-0.4, -0.2) is 9.91 Å². The van der Waals surface area contributed by atoms with Gasteiger partial charge in [0.1, 0.15) is 0 Å². The molecule has 0 atom stereocenters. The lowest BCUT2D eigenvalue weighted by atomic mass is 10.3. The first-order valence-electron chi connectivity index (χ1n) is 5.59. The molecule has 0 saturated heterocycles. The third-order valence-corrected chi connectivity index (χ3v) is 3.54. The highest BCUT2D eigenvalue weighted by molar-refractivity contribution is 7.22. The third-order valence-electron chi connectivity index (χ3n) is 2.61. The van der Waals surface area contributed by atoms with E-state index < -0.39 is 4.92 Å². The topological polar surface area (TPSA) is 68.1 Å². The highest BCUT2D eigenvalue weighted by atomic mass is 32.1. The zero-order valence-corrected chi connectivity index (χ0v) is 10.6. The maximum absolute atomic E-state index is 10.7. The van der Waals surface area contributed by atoms with E-state index in [2.05, 4.69) is 10.3 Å². The third kappa shape index (κ3) is 2.38. The largest absolute Gasteiger partial charge is 0.332 e. The van der Waals surface area contributed by atoms with Crippen molar-refractivity contribution in [3.8, 4) is 0 Å². The van der Waals surface area contributed by atoms with Gasteiger partial charge in [0, 0.05) is 17.8 Å². The molecule has 3 aromatic rings. The fourth-order valence-electron chi connectivity index (χ4n) is 1.73. The van der Waals surface area contributed by atoms with Gasteiger partial charge in [0.05, 0.1) is 15.1 Å². The Hall–Kier alpha value is -2.47. The number of anilines is 2. The maximum Gasteiger partial charge on any atom is 0.270 e. The summed E-state index contributed by atoms with van der Waals surface area (Å²) in [5.74, 6) is 0. The lowest BCUT2D eigenvalue weighted by Crippen LogP contribution is -1.87. The van der Waals surface area contributed by atoms with E-state index in [0.29, 0.717) is 0 Å². The number of non-ortho nitro benzene ring substituents is 1. The van der Waals surface area contributed by atoms with Crippen LogP contribution in [0.1, 0.15) is 0 Å². The Morgan fingerprint density at radius 2 is 1.95 bits per heavy atom. The SMILES string of the molecule is O=[N+]([O-])c1ccc2nc(Nc3ccccc3)sc2c1. The zero-order chi connectivity index (χ0) is 13.2. The molecule has 1 heterocycles. The average Bonchev–Trinajstić information content (AvgIpc) is 2.80. The van der Waals surface area contributed by atoms with Gasteiger partial charge in [-0.3, -0.25) is 10.1 Å². The lowest BCUT2D eigenvalue weighted by molar-refractivity contribution is -0.384. The molecule has 0 radical (unpaired) electrons. The van der Waals surface area contributed by atoms with Gasteiger partial charge in [0.2, 0.25) is 0 Å². The van der Waals surface area contributed by atoms with Crippen LogP contribution in [0.2, 0.25) is 0 Å². The molecule has 0 aliphatic carbocycles. The molecular formula is C13H9N3O2S. The molecule has 0 aliphatic rings. The number of thiazole rings is 1. The van der Waals surface area contributed by atoms with Crippen molar-refractivity contribution < 1.29 is 4.92 Å². The van der Waals surface area contributed by atoms with Crippen LogP contribution < -0.4 is 5.32 Å². The minimum Gasteiger partial charge on any atom is -0.332 e. The van der Waals surface area contributed by atoms with Crippen LogP contribution in [0.3, 0.4) is 0 Å². The van der Waals surface area contributed by atoms with Crippen LogP contribution in [-0.2, 0) is 0 Å². The summed E-state index contributed by atoms with van der Waals surface area (Å²) in [4.78, 5) is 14.7. The van der Waals surface area contributed by atoms with Crippen molar-refractivity contribution in [2.24, 2.45) is 0 Å². The average molecular weight is 271 g/mol. The van der Waals surface area contributed by atoms with Crippen LogP contribution in [0.4, 0.5) is 16.5 Å². The molecule has 0 unspecified atom stereocenters. The Kier molecular flexibility index (Phi) is 2.85. The van der Waals surface area contributed by atoms with Crippen LogP contribution in [0, 0.1) is 10.1 Å². The van der Waals surface area contributed by atoms with Crippen molar-refractivity contribution in [3.05, 3.63) is 58.6 Å². The number of benzene rings is 2. The Balaban J connectivity index is 1.95. The van der Waals surface area contributed by atoms with Crippen molar-refractivity contribution in [2.45, 2.75) is 0 Å². The van der Waals surface area contributed by atoms with Crippen LogP contribution in [0.25, 0.3) is 10.2 Å². The van der Waals surface area contributed by atoms with E-state index in [9.17, 15) is 10.1 Å². The highest BCUT2D eigenvalue weighted by Crippen LogP contribution is 2.30. The number of nitro groups is 1. The van der Waals surface area contributed by atoms with Gasteiger partial charge < -0.3 is 5.32 Å². The summed E-state index contributed by atoms with van der Waals surface area (Å²) in [6, 6.07) is 14.4. The number of aromatic nitrogens is 1. The smallest absolute Gasteiger partial charge is 0.270 e. The molecule has 0 aliphatic heterocycles. The zero-order valence-electron chi connectivity index (χ0n) is 9.74. The van der Waals surface area contributed by atoms with Gasteiger partial charge in [-0.05, 0) is 18.2 Å². The summed E-state index contributed by atoms with van der Waals surface area (Å²) >= 11 is 1.40. The Morgan fingerprint density at radius 3 is 2.68 bits per heavy atom. The number of nitrogens with one attached hydrogen (secondary N) is 1. The molecule has 5 nitrogen and oxygen atoms in total. The van der Waals surface area contributed by atoms with Crippen LogP contribution in [0.15, 0.2) is 48.5 Å². The Bertz CT molecular complexity index is 740. The second-order valence-corrected chi connectivity index (χ2v) is 4.95. The number of hydrogen-bond acceptors (Lipinski definition) is 5. The molecule has 19 heavy (non-hydrogen) atoms. The summed E-state index contributed by atoms with van der Waals surface area (Å²) < 4.78 is 0.799. The van der Waals surface area contributed by atoms with E-state index in [0.717, 1.165) is 21.0 Å². The number of nitro benzene ring substituents is 1. The fraction of sp³-hybridized carbons (Fsp3) is 0. The molecule has 2 aromatic carbocycles. The van der Waals surface area contributed by atoms with Gasteiger partial charge >= 0.3 is 0 Å². The second-order valence-electron chi connectivity index (χ2n) is 3.92. The summed E-state index contributed by atoms with van der Waals surface area (Å²) in [5.41, 5.74) is 1.78. The number of nitrogens with zero attached hydrogens (tertiary/aromatic N) is 2. The van der Waals surface area contributed by atoms with E-state index in [1.807, 2.05) is 30.3 Å². The molecule has 0 fully saturated rings. The van der Waals surface area contributed by atoms with E-state index >= 15 is 0 Å². The van der Waals surface area contributed by atoms with Gasteiger partial charge in [-0.1, -0.05) is 29.5 Å². The first-order valence-corrected chi connectivity index (χ1v) is 6.41. The number of rotatable bonds is 3. The molecule has 0 saturated carbocycles. The molecule has 0 bridgehead atoms.